The lowest BCUT2D eigenvalue weighted by atomic mass is 9.33. The Bertz CT molecular complexity index is 7620. The first kappa shape index (κ1) is 74.8. The van der Waals surface area contributed by atoms with Crippen LogP contribution in [0, 0.1) is 0 Å². The van der Waals surface area contributed by atoms with Crippen molar-refractivity contribution in [3.05, 3.63) is 411 Å². The fourth-order valence-corrected chi connectivity index (χ4v) is 21.2. The predicted octanol–water partition coefficient (Wildman–Crippen LogP) is 30.6. The molecule has 24 rings (SSSR count). The number of para-hydroxylation sites is 3. The molecular formula is C120H92BN5. The third kappa shape index (κ3) is 11.8. The lowest BCUT2D eigenvalue weighted by molar-refractivity contribution is 0.590. The van der Waals surface area contributed by atoms with Crippen LogP contribution in [0.4, 0.5) is 34.1 Å². The van der Waals surface area contributed by atoms with Gasteiger partial charge in [-0.25, -0.2) is 0 Å². The molecule has 3 aliphatic heterocycles. The first-order valence-electron chi connectivity index (χ1n) is 44.5. The van der Waals surface area contributed by atoms with Gasteiger partial charge in [0, 0.05) is 94.4 Å². The van der Waals surface area contributed by atoms with E-state index in [2.05, 4.69) is 480 Å². The van der Waals surface area contributed by atoms with Gasteiger partial charge in [-0.3, -0.25) is 0 Å². The van der Waals surface area contributed by atoms with Crippen LogP contribution in [0.1, 0.15) is 79.0 Å². The number of nitrogens with zero attached hydrogens (tertiary/aromatic N) is 5. The van der Waals surface area contributed by atoms with Crippen molar-refractivity contribution in [3.8, 4) is 106 Å². The maximum absolute atomic E-state index is 2.78. The van der Waals surface area contributed by atoms with Crippen LogP contribution in [0.3, 0.4) is 0 Å². The van der Waals surface area contributed by atoms with E-state index in [0.29, 0.717) is 0 Å². The van der Waals surface area contributed by atoms with E-state index in [1.54, 1.807) is 0 Å². The van der Waals surface area contributed by atoms with Crippen molar-refractivity contribution in [2.45, 2.75) is 78.6 Å². The minimum Gasteiger partial charge on any atom is -0.310 e. The minimum absolute atomic E-state index is 0.282. The van der Waals surface area contributed by atoms with Gasteiger partial charge in [0.1, 0.15) is 0 Å². The predicted molar refractivity (Wildman–Crippen MR) is 537 cm³/mol. The van der Waals surface area contributed by atoms with Crippen molar-refractivity contribution in [1.82, 2.24) is 13.7 Å². The summed E-state index contributed by atoms with van der Waals surface area (Å²) in [6.45, 7) is 21.3. The van der Waals surface area contributed by atoms with Crippen molar-refractivity contribution in [3.63, 3.8) is 0 Å². The Labute approximate surface area is 736 Å². The number of aromatic nitrogens is 3. The monoisotopic (exact) mass is 1610 g/mol. The highest BCUT2D eigenvalue weighted by molar-refractivity contribution is 7.00. The summed E-state index contributed by atoms with van der Waals surface area (Å²) >= 11 is 0. The van der Waals surface area contributed by atoms with E-state index >= 15 is 0 Å². The molecule has 0 spiro atoms. The summed E-state index contributed by atoms with van der Waals surface area (Å²) in [7, 11) is 0. The first-order chi connectivity index (χ1) is 61.4. The molecule has 3 aliphatic rings. The molecule has 6 heteroatoms. The van der Waals surface area contributed by atoms with E-state index < -0.39 is 5.41 Å². The number of hydrogen-bond acceptors (Lipinski definition) is 2. The highest BCUT2D eigenvalue weighted by Gasteiger charge is 2.47. The number of benzene rings is 18. The van der Waals surface area contributed by atoms with Crippen molar-refractivity contribution in [1.29, 1.82) is 0 Å². The van der Waals surface area contributed by atoms with Gasteiger partial charge in [0.15, 0.2) is 0 Å². The second kappa shape index (κ2) is 28.3. The molecule has 5 nitrogen and oxygen atoms in total. The topological polar surface area (TPSA) is 21.3 Å². The quantitative estimate of drug-likeness (QED) is 0.148. The van der Waals surface area contributed by atoms with Crippen molar-refractivity contribution >= 4 is 123 Å². The third-order valence-electron chi connectivity index (χ3n) is 27.3. The summed E-state index contributed by atoms with van der Waals surface area (Å²) in [6.07, 6.45) is 0. The van der Waals surface area contributed by atoms with Crippen molar-refractivity contribution < 1.29 is 0 Å². The Morgan fingerprint density at radius 1 is 0.198 bits per heavy atom. The molecule has 18 aromatic carbocycles. The summed E-state index contributed by atoms with van der Waals surface area (Å²) in [5, 5.41) is 7.25. The van der Waals surface area contributed by atoms with E-state index in [4.69, 9.17) is 0 Å². The van der Waals surface area contributed by atoms with Crippen LogP contribution in [0.25, 0.3) is 171 Å². The Morgan fingerprint density at radius 3 is 0.913 bits per heavy atom. The van der Waals surface area contributed by atoms with E-state index in [1.807, 2.05) is 0 Å². The Morgan fingerprint density at radius 2 is 0.508 bits per heavy atom. The molecule has 0 N–H and O–H groups in total. The second-order valence-corrected chi connectivity index (χ2v) is 38.0. The van der Waals surface area contributed by atoms with Crippen LogP contribution in [-0.4, -0.2) is 20.4 Å². The number of rotatable bonds is 7. The van der Waals surface area contributed by atoms with Gasteiger partial charge in [-0.05, 0) is 250 Å². The zero-order chi connectivity index (χ0) is 84.8. The van der Waals surface area contributed by atoms with E-state index in [-0.39, 0.29) is 17.5 Å². The highest BCUT2D eigenvalue weighted by atomic mass is 15.2. The van der Waals surface area contributed by atoms with Gasteiger partial charge in [-0.1, -0.05) is 323 Å². The van der Waals surface area contributed by atoms with Crippen LogP contribution in [0.5, 0.6) is 0 Å². The zero-order valence-electron chi connectivity index (χ0n) is 72.3. The lowest BCUT2D eigenvalue weighted by Gasteiger charge is -2.47. The van der Waals surface area contributed by atoms with Crippen LogP contribution >= 0.6 is 0 Å². The van der Waals surface area contributed by atoms with E-state index in [1.165, 1.54) is 87.6 Å². The van der Waals surface area contributed by atoms with E-state index in [0.717, 1.165) is 151 Å². The average molecular weight is 1610 g/mol. The summed E-state index contributed by atoms with van der Waals surface area (Å²) in [4.78, 5) is 5.55. The molecule has 21 aromatic rings. The van der Waals surface area contributed by atoms with Gasteiger partial charge in [-0.15, -0.1) is 0 Å². The fraction of sp³-hybridized carbons (Fsp3) is 0.100. The molecule has 13 bridgehead atoms. The molecule has 0 fully saturated rings. The van der Waals surface area contributed by atoms with Crippen LogP contribution in [-0.2, 0) is 16.2 Å². The molecule has 0 atom stereocenters. The molecule has 0 unspecified atom stereocenters. The normalized spacial score (nSPS) is 12.9. The summed E-state index contributed by atoms with van der Waals surface area (Å²) in [5.41, 5.74) is 41.7. The minimum atomic E-state index is -0.401. The fourth-order valence-electron chi connectivity index (χ4n) is 21.2. The number of fused-ring (bicyclic) bond motifs is 26. The van der Waals surface area contributed by atoms with E-state index in [9.17, 15) is 0 Å². The Balaban J connectivity index is 0.897. The first-order valence-corrected chi connectivity index (χ1v) is 44.5. The Kier molecular flexibility index (Phi) is 16.8. The molecule has 0 aliphatic carbocycles. The molecule has 0 saturated carbocycles. The molecule has 126 heavy (non-hydrogen) atoms. The van der Waals surface area contributed by atoms with Crippen LogP contribution in [0.15, 0.2) is 394 Å². The van der Waals surface area contributed by atoms with Crippen molar-refractivity contribution in [2.24, 2.45) is 0 Å². The van der Waals surface area contributed by atoms with Gasteiger partial charge < -0.3 is 23.5 Å². The van der Waals surface area contributed by atoms with Gasteiger partial charge in [0.2, 0.25) is 0 Å². The van der Waals surface area contributed by atoms with Gasteiger partial charge >= 0.3 is 0 Å². The molecular weight excluding hydrogens is 1520 g/mol. The molecule has 0 saturated heterocycles. The number of anilines is 6. The number of hydrogen-bond donors (Lipinski definition) is 0. The maximum atomic E-state index is 2.78. The molecule has 600 valence electrons. The maximum Gasteiger partial charge on any atom is 0.252 e. The summed E-state index contributed by atoms with van der Waals surface area (Å²) in [5.74, 6) is 0. The van der Waals surface area contributed by atoms with Gasteiger partial charge in [0.05, 0.1) is 44.5 Å². The Hall–Kier alpha value is -15.0. The third-order valence-corrected chi connectivity index (χ3v) is 27.3. The highest BCUT2D eigenvalue weighted by Crippen LogP contribution is 2.57. The summed E-state index contributed by atoms with van der Waals surface area (Å²) < 4.78 is 7.57. The standard InChI is InChI=1S/C120H92BN5/c1-118(2,3)85-67-95(77-37-19-12-20-38-77)116-97(69-85)83-43-29-41-79(63-83)81-55-61-105-99(65-81)100-66-82(56-62-106(100)122(105)88-45-23-14-24-46-88)80-42-30-44-84(64-80)98-70-86(119(4,5)6)68-96(78-39-21-13-22-40-78)117(98)126-110-74-90(124-104-52-28-26-48-94(104)114-92(50-32-54-108(114)124)76-35-17-11-18-36-76)58-60-102(110)121-101-59-57-89(73-109(101)125(116)111-71-87(120(7,8)9)72-112(126)115(111)121)123-103-51-27-25-47-93(103)113-91(49-31-53-107(113)123)75-33-15-10-16-34-75/h10-74H,1-9H3. The lowest BCUT2D eigenvalue weighted by Crippen LogP contribution is -2.61. The molecule has 6 heterocycles. The molecule has 0 radical (unpaired) electrons. The molecule has 0 amide bonds. The van der Waals surface area contributed by atoms with Crippen LogP contribution < -0.4 is 26.2 Å². The second-order valence-electron chi connectivity index (χ2n) is 38.0. The smallest absolute Gasteiger partial charge is 0.252 e. The van der Waals surface area contributed by atoms with Gasteiger partial charge in [-0.2, -0.15) is 0 Å². The van der Waals surface area contributed by atoms with Crippen molar-refractivity contribution in [2.75, 3.05) is 9.80 Å². The summed E-state index contributed by atoms with van der Waals surface area (Å²) in [6, 6.07) is 151. The van der Waals surface area contributed by atoms with Crippen LogP contribution in [0.2, 0.25) is 0 Å². The molecule has 3 aromatic heterocycles. The largest absolute Gasteiger partial charge is 0.310 e. The zero-order valence-corrected chi connectivity index (χ0v) is 72.3. The average Bonchev–Trinajstić information content (AvgIpc) is 0.805. The van der Waals surface area contributed by atoms with Gasteiger partial charge in [0.25, 0.3) is 6.71 Å². The SMILES string of the molecule is CC(C)(C)c1cc(-c2ccccc2)c2c(c1)-c1cccc(c1)-c1ccc3c(c1)c1cc(ccc1n3-c1ccccc1)-c1cccc(c1)-c1cc(C(C)(C)C)cc(-c3ccccc3)c1N1c3cc(-n4c5ccccc5c5c(-c6ccccc6)cccc54)ccc3B3c4ccc(-n5c6ccccc6c6c(-c7ccccc7)cccc65)cc4N2c2cc(C(C)(C)C)cc1c23.